The second-order valence-corrected chi connectivity index (χ2v) is 4.74. The van der Waals surface area contributed by atoms with E-state index in [4.69, 9.17) is 0 Å². The maximum atomic E-state index is 11.9. The number of carbonyl (C=O) groups excluding carboxylic acids is 2. The first-order valence-electron chi connectivity index (χ1n) is 5.54. The van der Waals surface area contributed by atoms with Crippen LogP contribution in [0.1, 0.15) is 20.8 Å². The fourth-order valence-corrected chi connectivity index (χ4v) is 2.63. The van der Waals surface area contributed by atoms with Crippen molar-refractivity contribution in [2.24, 2.45) is 17.8 Å². The van der Waals surface area contributed by atoms with Crippen LogP contribution in [0.4, 0.5) is 0 Å². The van der Waals surface area contributed by atoms with Gasteiger partial charge in [-0.3, -0.25) is 4.79 Å². The molecule has 94 valence electrons. The molecule has 4 nitrogen and oxygen atoms in total. The SMILES string of the molecule is COC(=O)C1=[C-][C@H](C)C2C(C(C)C)C(=O)N12.[W]. The summed E-state index contributed by atoms with van der Waals surface area (Å²) in [4.78, 5) is 24.9. The number of hydrogen-bond acceptors (Lipinski definition) is 3. The molecule has 0 saturated carbocycles. The first kappa shape index (κ1) is 14.4. The van der Waals surface area contributed by atoms with Crippen LogP contribution in [-0.2, 0) is 35.4 Å². The molecule has 0 aromatic heterocycles. The number of rotatable bonds is 2. The van der Waals surface area contributed by atoms with Crippen LogP contribution in [0.2, 0.25) is 0 Å². The minimum absolute atomic E-state index is 0. The summed E-state index contributed by atoms with van der Waals surface area (Å²) in [7, 11) is 1.32. The van der Waals surface area contributed by atoms with Crippen molar-refractivity contribution in [2.45, 2.75) is 26.8 Å². The average Bonchev–Trinajstić information content (AvgIpc) is 2.50. The van der Waals surface area contributed by atoms with E-state index in [0.717, 1.165) is 0 Å². The van der Waals surface area contributed by atoms with Crippen molar-refractivity contribution in [1.82, 2.24) is 4.90 Å². The first-order chi connectivity index (χ1) is 7.49. The third kappa shape index (κ3) is 1.97. The van der Waals surface area contributed by atoms with E-state index in [1.54, 1.807) is 4.90 Å². The van der Waals surface area contributed by atoms with Gasteiger partial charge in [0.1, 0.15) is 0 Å². The molecule has 1 amide bonds. The zero-order valence-electron chi connectivity index (χ0n) is 10.4. The summed E-state index contributed by atoms with van der Waals surface area (Å²) >= 11 is 0. The molecule has 2 rings (SSSR count). The van der Waals surface area contributed by atoms with Crippen LogP contribution >= 0.6 is 0 Å². The molecule has 2 aliphatic heterocycles. The van der Waals surface area contributed by atoms with Gasteiger partial charge in [-0.2, -0.15) is 0 Å². The van der Waals surface area contributed by atoms with Crippen molar-refractivity contribution in [1.29, 1.82) is 0 Å². The number of methoxy groups -OCH3 is 1. The molecule has 0 radical (unpaired) electrons. The standard InChI is InChI=1S/C12H16NO3.W/c1-6(2)9-10-7(3)5-8(12(15)16-4)13(10)11(9)14;/h6-7,9-10H,1-4H3;/q-1;/t7-,9?,10?;/m0./s1. The van der Waals surface area contributed by atoms with Gasteiger partial charge in [0.2, 0.25) is 5.91 Å². The van der Waals surface area contributed by atoms with Gasteiger partial charge in [0.15, 0.2) is 5.97 Å². The summed E-state index contributed by atoms with van der Waals surface area (Å²) in [5, 5.41) is 0. The summed E-state index contributed by atoms with van der Waals surface area (Å²) in [6.45, 7) is 6.04. The van der Waals surface area contributed by atoms with Crippen LogP contribution in [0.25, 0.3) is 0 Å². The van der Waals surface area contributed by atoms with E-state index in [1.807, 2.05) is 20.8 Å². The van der Waals surface area contributed by atoms with E-state index in [-0.39, 0.29) is 44.9 Å². The van der Waals surface area contributed by atoms with Gasteiger partial charge in [-0.25, -0.2) is 6.08 Å². The molecule has 5 heteroatoms. The van der Waals surface area contributed by atoms with Crippen LogP contribution in [0.3, 0.4) is 0 Å². The number of esters is 1. The monoisotopic (exact) mass is 406 g/mol. The Kier molecular flexibility index (Phi) is 4.18. The van der Waals surface area contributed by atoms with Gasteiger partial charge < -0.3 is 14.4 Å². The van der Waals surface area contributed by atoms with Crippen molar-refractivity contribution in [3.63, 3.8) is 0 Å². The van der Waals surface area contributed by atoms with Gasteiger partial charge in [0.25, 0.3) is 0 Å². The molecule has 0 spiro atoms. The quantitative estimate of drug-likeness (QED) is 0.391. The fourth-order valence-electron chi connectivity index (χ4n) is 2.63. The molecule has 2 heterocycles. The van der Waals surface area contributed by atoms with E-state index in [1.165, 1.54) is 7.11 Å². The Labute approximate surface area is 116 Å². The van der Waals surface area contributed by atoms with E-state index in [9.17, 15) is 9.59 Å². The van der Waals surface area contributed by atoms with Gasteiger partial charge in [-0.15, -0.1) is 0 Å². The second-order valence-electron chi connectivity index (χ2n) is 4.74. The van der Waals surface area contributed by atoms with Crippen molar-refractivity contribution >= 4 is 11.9 Å². The Balaban J connectivity index is 0.00000144. The number of ether oxygens (including phenoxy) is 1. The molecular formula is C12H16NO3W-. The van der Waals surface area contributed by atoms with Crippen molar-refractivity contribution in [3.05, 3.63) is 11.8 Å². The molecule has 3 atom stereocenters. The fraction of sp³-hybridized carbons (Fsp3) is 0.667. The summed E-state index contributed by atoms with van der Waals surface area (Å²) < 4.78 is 4.65. The Morgan fingerprint density at radius 3 is 2.53 bits per heavy atom. The molecule has 0 aromatic rings. The van der Waals surface area contributed by atoms with Crippen LogP contribution in [0.5, 0.6) is 0 Å². The number of amides is 1. The number of fused-ring (bicyclic) bond motifs is 1. The van der Waals surface area contributed by atoms with E-state index < -0.39 is 5.97 Å². The Bertz CT molecular complexity index is 378. The molecule has 0 N–H and O–H groups in total. The van der Waals surface area contributed by atoms with E-state index in [2.05, 4.69) is 10.8 Å². The van der Waals surface area contributed by atoms with E-state index in [0.29, 0.717) is 11.6 Å². The van der Waals surface area contributed by atoms with E-state index >= 15 is 0 Å². The predicted molar refractivity (Wildman–Crippen MR) is 56.9 cm³/mol. The van der Waals surface area contributed by atoms with Gasteiger partial charge in [0, 0.05) is 27.1 Å². The molecule has 0 aliphatic carbocycles. The van der Waals surface area contributed by atoms with Crippen molar-refractivity contribution in [3.8, 4) is 0 Å². The van der Waals surface area contributed by atoms with Crippen molar-refractivity contribution in [2.75, 3.05) is 7.11 Å². The molecule has 2 aliphatic rings. The predicted octanol–water partition coefficient (Wildman–Crippen LogP) is 0.977. The summed E-state index contributed by atoms with van der Waals surface area (Å²) in [5.41, 5.74) is 0.293. The third-order valence-corrected chi connectivity index (χ3v) is 3.40. The molecule has 1 saturated heterocycles. The van der Waals surface area contributed by atoms with Crippen LogP contribution < -0.4 is 0 Å². The number of nitrogens with zero attached hydrogens (tertiary/aromatic N) is 1. The maximum absolute atomic E-state index is 11.9. The largest absolute Gasteiger partial charge is 0.549 e. The van der Waals surface area contributed by atoms with Gasteiger partial charge >= 0.3 is 0 Å². The van der Waals surface area contributed by atoms with Crippen LogP contribution in [0, 0.1) is 23.8 Å². The van der Waals surface area contributed by atoms with Gasteiger partial charge in [-0.05, 0) is 11.6 Å². The zero-order chi connectivity index (χ0) is 12.0. The van der Waals surface area contributed by atoms with Crippen molar-refractivity contribution < 1.29 is 35.4 Å². The summed E-state index contributed by atoms with van der Waals surface area (Å²) in [6.07, 6.45) is 3.03. The maximum Gasteiger partial charge on any atom is 0.230 e. The normalized spacial score (nSPS) is 30.4. The van der Waals surface area contributed by atoms with Gasteiger partial charge in [0.05, 0.1) is 13.0 Å². The Morgan fingerprint density at radius 2 is 2.06 bits per heavy atom. The third-order valence-electron chi connectivity index (χ3n) is 3.40. The molecule has 17 heavy (non-hydrogen) atoms. The second kappa shape index (κ2) is 4.93. The molecule has 0 aromatic carbocycles. The number of hydrogen-bond donors (Lipinski definition) is 0. The molecule has 0 bridgehead atoms. The average molecular weight is 406 g/mol. The Morgan fingerprint density at radius 1 is 1.47 bits per heavy atom. The summed E-state index contributed by atoms with van der Waals surface area (Å²) in [6, 6.07) is 0.0987. The van der Waals surface area contributed by atoms with Crippen LogP contribution in [-0.4, -0.2) is 29.9 Å². The van der Waals surface area contributed by atoms with Crippen LogP contribution in [0.15, 0.2) is 5.70 Å². The topological polar surface area (TPSA) is 46.6 Å². The minimum atomic E-state index is -0.468. The molecule has 1 fully saturated rings. The number of carbonyl (C=O) groups is 2. The zero-order valence-corrected chi connectivity index (χ0v) is 13.3. The molecule has 2 unspecified atom stereocenters. The summed E-state index contributed by atoms with van der Waals surface area (Å²) in [5.74, 6) is -0.0130. The number of β-lactam (4-membered cyclic amide) rings is 1. The first-order valence-corrected chi connectivity index (χ1v) is 5.54. The molecular weight excluding hydrogens is 390 g/mol. The van der Waals surface area contributed by atoms with Gasteiger partial charge in [-0.1, -0.05) is 26.7 Å². The Hall–Kier alpha value is -0.632. The smallest absolute Gasteiger partial charge is 0.230 e. The minimum Gasteiger partial charge on any atom is -0.549 e.